The Balaban J connectivity index is 2.44. The van der Waals surface area contributed by atoms with Crippen molar-refractivity contribution in [3.05, 3.63) is 16.1 Å². The van der Waals surface area contributed by atoms with Crippen molar-refractivity contribution in [1.82, 2.24) is 10.3 Å². The quantitative estimate of drug-likeness (QED) is 0.839. The molecule has 1 atom stereocenters. The second kappa shape index (κ2) is 5.76. The number of nitrogens with one attached hydrogen (secondary N) is 1. The van der Waals surface area contributed by atoms with E-state index in [1.54, 1.807) is 0 Å². The largest absolute Gasteiger partial charge is 0.303 e. The van der Waals surface area contributed by atoms with E-state index in [9.17, 15) is 0 Å². The van der Waals surface area contributed by atoms with Crippen molar-refractivity contribution in [3.8, 4) is 0 Å². The third-order valence-electron chi connectivity index (χ3n) is 4.77. The van der Waals surface area contributed by atoms with Gasteiger partial charge in [0.1, 0.15) is 5.01 Å². The van der Waals surface area contributed by atoms with Crippen molar-refractivity contribution in [1.29, 1.82) is 0 Å². The summed E-state index contributed by atoms with van der Waals surface area (Å²) >= 11 is 1.85. The molecule has 1 unspecified atom stereocenters. The van der Waals surface area contributed by atoms with Crippen LogP contribution in [0.3, 0.4) is 0 Å². The monoisotopic (exact) mass is 294 g/mol. The number of hydrogen-bond donors (Lipinski definition) is 1. The molecule has 0 spiro atoms. The molecular weight excluding hydrogens is 264 g/mol. The van der Waals surface area contributed by atoms with Crippen molar-refractivity contribution in [2.24, 2.45) is 5.41 Å². The summed E-state index contributed by atoms with van der Waals surface area (Å²) in [4.78, 5) is 5.01. The molecule has 0 aromatic carbocycles. The first-order chi connectivity index (χ1) is 9.28. The van der Waals surface area contributed by atoms with Gasteiger partial charge in [0.25, 0.3) is 0 Å². The second-order valence-electron chi connectivity index (χ2n) is 7.53. The summed E-state index contributed by atoms with van der Waals surface area (Å²) in [6, 6.07) is 0.485. The van der Waals surface area contributed by atoms with E-state index in [-0.39, 0.29) is 11.0 Å². The maximum absolute atomic E-state index is 5.01. The van der Waals surface area contributed by atoms with Gasteiger partial charge in [-0.15, -0.1) is 11.3 Å². The molecule has 0 aliphatic heterocycles. The highest BCUT2D eigenvalue weighted by Gasteiger charge is 2.49. The van der Waals surface area contributed by atoms with Crippen LogP contribution in [0.15, 0.2) is 5.38 Å². The van der Waals surface area contributed by atoms with Crippen LogP contribution in [0.1, 0.15) is 83.8 Å². The molecule has 1 N–H and O–H groups in total. The van der Waals surface area contributed by atoms with Crippen LogP contribution >= 0.6 is 11.3 Å². The Morgan fingerprint density at radius 2 is 1.80 bits per heavy atom. The summed E-state index contributed by atoms with van der Waals surface area (Å²) in [7, 11) is 0. The van der Waals surface area contributed by atoms with Gasteiger partial charge in [0.05, 0.1) is 11.2 Å². The molecule has 1 aliphatic rings. The zero-order valence-corrected chi connectivity index (χ0v) is 14.7. The highest BCUT2D eigenvalue weighted by Crippen LogP contribution is 2.51. The molecule has 2 nitrogen and oxygen atoms in total. The van der Waals surface area contributed by atoms with Gasteiger partial charge in [-0.1, -0.05) is 40.5 Å². The normalized spacial score (nSPS) is 26.4. The Morgan fingerprint density at radius 3 is 2.30 bits per heavy atom. The van der Waals surface area contributed by atoms with E-state index in [2.05, 4.69) is 52.2 Å². The molecule has 0 bridgehead atoms. The number of rotatable bonds is 4. The van der Waals surface area contributed by atoms with Gasteiger partial charge in [-0.2, -0.15) is 0 Å². The van der Waals surface area contributed by atoms with Crippen LogP contribution in [-0.2, 0) is 5.54 Å². The number of nitrogens with zero attached hydrogens (tertiary/aromatic N) is 1. The lowest BCUT2D eigenvalue weighted by Gasteiger charge is -2.50. The van der Waals surface area contributed by atoms with Crippen LogP contribution in [0.4, 0.5) is 0 Å². The fourth-order valence-corrected chi connectivity index (χ4v) is 4.83. The molecule has 2 rings (SSSR count). The van der Waals surface area contributed by atoms with Crippen LogP contribution in [0.2, 0.25) is 0 Å². The van der Waals surface area contributed by atoms with Crippen LogP contribution in [-0.4, -0.2) is 11.0 Å². The summed E-state index contributed by atoms with van der Waals surface area (Å²) in [5, 5.41) is 7.47. The maximum Gasteiger partial charge on any atom is 0.114 e. The van der Waals surface area contributed by atoms with Crippen molar-refractivity contribution < 1.29 is 0 Å². The zero-order valence-electron chi connectivity index (χ0n) is 13.9. The zero-order chi connectivity index (χ0) is 15.0. The van der Waals surface area contributed by atoms with Gasteiger partial charge in [-0.3, -0.25) is 0 Å². The first kappa shape index (κ1) is 16.0. The summed E-state index contributed by atoms with van der Waals surface area (Å²) in [5.41, 5.74) is 1.56. The van der Waals surface area contributed by atoms with E-state index in [4.69, 9.17) is 4.98 Å². The minimum atomic E-state index is 0.0528. The molecule has 1 aromatic heterocycles. The molecule has 1 saturated carbocycles. The first-order valence-electron chi connectivity index (χ1n) is 8.02. The minimum Gasteiger partial charge on any atom is -0.303 e. The third-order valence-corrected chi connectivity index (χ3v) is 5.79. The summed E-state index contributed by atoms with van der Waals surface area (Å²) in [5.74, 6) is 0.516. The van der Waals surface area contributed by atoms with E-state index in [1.807, 2.05) is 11.3 Å². The van der Waals surface area contributed by atoms with E-state index in [1.165, 1.54) is 36.4 Å². The van der Waals surface area contributed by atoms with E-state index >= 15 is 0 Å². The number of thiazole rings is 1. The minimum absolute atomic E-state index is 0.0528. The second-order valence-corrected chi connectivity index (χ2v) is 8.39. The van der Waals surface area contributed by atoms with Crippen molar-refractivity contribution >= 4 is 11.3 Å². The van der Waals surface area contributed by atoms with Crippen LogP contribution in [0, 0.1) is 5.41 Å². The van der Waals surface area contributed by atoms with Gasteiger partial charge in [-0.05, 0) is 38.0 Å². The maximum atomic E-state index is 5.01. The Labute approximate surface area is 128 Å². The standard InChI is InChI=1S/C17H30N2S/c1-12(2)14-11-20-15(18-14)17(19-13(3)4)10-8-7-9-16(17,5)6/h11-13,19H,7-10H2,1-6H3. The lowest BCUT2D eigenvalue weighted by molar-refractivity contribution is 0.0510. The molecule has 20 heavy (non-hydrogen) atoms. The third kappa shape index (κ3) is 2.80. The molecule has 3 heteroatoms. The summed E-state index contributed by atoms with van der Waals surface area (Å²) in [6.07, 6.45) is 5.14. The highest BCUT2D eigenvalue weighted by atomic mass is 32.1. The summed E-state index contributed by atoms with van der Waals surface area (Å²) in [6.45, 7) is 13.8. The predicted molar refractivity (Wildman–Crippen MR) is 88.4 cm³/mol. The molecule has 0 saturated heterocycles. The van der Waals surface area contributed by atoms with Gasteiger partial charge in [-0.25, -0.2) is 4.98 Å². The first-order valence-corrected chi connectivity index (χ1v) is 8.90. The van der Waals surface area contributed by atoms with Crippen molar-refractivity contribution in [2.45, 2.75) is 84.7 Å². The molecule has 1 heterocycles. The predicted octanol–water partition coefficient (Wildman–Crippen LogP) is 5.06. The number of hydrogen-bond acceptors (Lipinski definition) is 3. The SMILES string of the molecule is CC(C)NC1(c2nc(C(C)C)cs2)CCCCC1(C)C. The van der Waals surface area contributed by atoms with Gasteiger partial charge in [0.15, 0.2) is 0 Å². The van der Waals surface area contributed by atoms with E-state index < -0.39 is 0 Å². The van der Waals surface area contributed by atoms with Gasteiger partial charge >= 0.3 is 0 Å². The van der Waals surface area contributed by atoms with E-state index in [0.29, 0.717) is 12.0 Å². The van der Waals surface area contributed by atoms with E-state index in [0.717, 1.165) is 0 Å². The smallest absolute Gasteiger partial charge is 0.114 e. The van der Waals surface area contributed by atoms with Crippen molar-refractivity contribution in [3.63, 3.8) is 0 Å². The fraction of sp³-hybridized carbons (Fsp3) is 0.824. The molecule has 1 fully saturated rings. The average molecular weight is 295 g/mol. The van der Waals surface area contributed by atoms with Gasteiger partial charge < -0.3 is 5.32 Å². The highest BCUT2D eigenvalue weighted by molar-refractivity contribution is 7.09. The Hall–Kier alpha value is -0.410. The topological polar surface area (TPSA) is 24.9 Å². The molecule has 114 valence electrons. The molecule has 0 radical (unpaired) electrons. The van der Waals surface area contributed by atoms with Crippen LogP contribution in [0.25, 0.3) is 0 Å². The van der Waals surface area contributed by atoms with Gasteiger partial charge in [0.2, 0.25) is 0 Å². The molecular formula is C17H30N2S. The lowest BCUT2D eigenvalue weighted by Crippen LogP contribution is -2.57. The average Bonchev–Trinajstić information content (AvgIpc) is 2.81. The molecule has 0 amide bonds. The molecule has 1 aliphatic carbocycles. The van der Waals surface area contributed by atoms with Crippen LogP contribution < -0.4 is 5.32 Å². The Kier molecular flexibility index (Phi) is 4.60. The van der Waals surface area contributed by atoms with Crippen molar-refractivity contribution in [2.75, 3.05) is 0 Å². The molecule has 1 aromatic rings. The Morgan fingerprint density at radius 1 is 1.15 bits per heavy atom. The number of aromatic nitrogens is 1. The lowest BCUT2D eigenvalue weighted by atomic mass is 9.63. The Bertz CT molecular complexity index is 448. The fourth-order valence-electron chi connectivity index (χ4n) is 3.47. The van der Waals surface area contributed by atoms with Crippen LogP contribution in [0.5, 0.6) is 0 Å². The summed E-state index contributed by atoms with van der Waals surface area (Å²) < 4.78 is 0. The van der Waals surface area contributed by atoms with Gasteiger partial charge in [0, 0.05) is 11.4 Å².